The number of halogens is 2. The van der Waals surface area contributed by atoms with Crippen molar-refractivity contribution in [1.82, 2.24) is 15.5 Å². The third-order valence-electron chi connectivity index (χ3n) is 4.42. The lowest BCUT2D eigenvalue weighted by Gasteiger charge is -2.16. The number of anilines is 2. The summed E-state index contributed by atoms with van der Waals surface area (Å²) < 4.78 is 31.5. The predicted octanol–water partition coefficient (Wildman–Crippen LogP) is 3.50. The molecule has 0 bridgehead atoms. The van der Waals surface area contributed by atoms with Crippen LogP contribution >= 0.6 is 0 Å². The van der Waals surface area contributed by atoms with Crippen LogP contribution in [0.25, 0.3) is 11.4 Å². The molecule has 0 aliphatic carbocycles. The molecule has 1 atom stereocenters. The molecule has 1 heterocycles. The summed E-state index contributed by atoms with van der Waals surface area (Å²) in [6.07, 6.45) is 0. The number of hydrogen-bond donors (Lipinski definition) is 4. The van der Waals surface area contributed by atoms with Gasteiger partial charge < -0.3 is 25.6 Å². The van der Waals surface area contributed by atoms with Crippen molar-refractivity contribution in [3.63, 3.8) is 0 Å². The van der Waals surface area contributed by atoms with Gasteiger partial charge in [-0.1, -0.05) is 19.0 Å². The number of nitrogens with one attached hydrogen (secondary N) is 3. The molecule has 0 spiro atoms. The number of benzene rings is 2. The fraction of sp³-hybridized carbons (Fsp3) is 0.190. The Bertz CT molecular complexity index is 1180. The molecule has 12 heteroatoms. The van der Waals surface area contributed by atoms with Gasteiger partial charge in [0.15, 0.2) is 0 Å². The topological polar surface area (TPSA) is 146 Å². The van der Waals surface area contributed by atoms with Crippen LogP contribution in [-0.4, -0.2) is 39.2 Å². The minimum absolute atomic E-state index is 0.0703. The predicted molar refractivity (Wildman–Crippen MR) is 112 cm³/mol. The van der Waals surface area contributed by atoms with E-state index in [1.807, 2.05) is 0 Å². The third kappa shape index (κ3) is 5.87. The first-order valence-corrected chi connectivity index (χ1v) is 9.65. The van der Waals surface area contributed by atoms with Gasteiger partial charge in [-0.25, -0.2) is 18.4 Å². The first kappa shape index (κ1) is 23.3. The van der Waals surface area contributed by atoms with E-state index in [1.165, 1.54) is 24.3 Å². The number of carboxylic acid groups (broad SMARTS) is 1. The summed E-state index contributed by atoms with van der Waals surface area (Å²) in [5, 5.41) is 19.9. The molecule has 0 aliphatic heterocycles. The molecule has 0 saturated heterocycles. The molecule has 2 aromatic carbocycles. The normalized spacial score (nSPS) is 11.7. The lowest BCUT2D eigenvalue weighted by molar-refractivity contribution is -0.140. The van der Waals surface area contributed by atoms with Crippen LogP contribution in [0.2, 0.25) is 0 Å². The van der Waals surface area contributed by atoms with Gasteiger partial charge in [-0.05, 0) is 42.3 Å². The summed E-state index contributed by atoms with van der Waals surface area (Å²) in [7, 11) is 0. The van der Waals surface area contributed by atoms with Gasteiger partial charge in [-0.15, -0.1) is 0 Å². The zero-order chi connectivity index (χ0) is 24.1. The number of carbonyl (C=O) groups is 3. The van der Waals surface area contributed by atoms with Gasteiger partial charge in [0.25, 0.3) is 0 Å². The van der Waals surface area contributed by atoms with Crippen molar-refractivity contribution in [3.05, 3.63) is 60.0 Å². The standard InChI is InChI=1S/C21H19F2N5O5/c1-10(2)16(20(30)31)26-18(29)19-27-17(28-33-19)11-3-6-13(7-4-11)24-21(32)25-15-8-5-12(22)9-14(15)23/h3-10,16H,1-2H3,(H,26,29)(H,30,31)(H2,24,25,32). The largest absolute Gasteiger partial charge is 0.480 e. The SMILES string of the molecule is CC(C)C(NC(=O)c1nc(-c2ccc(NC(=O)Nc3ccc(F)cc3F)cc2)no1)C(=O)O. The number of amides is 3. The molecular formula is C21H19F2N5O5. The van der Waals surface area contributed by atoms with Gasteiger partial charge in [0.05, 0.1) is 5.69 Å². The van der Waals surface area contributed by atoms with Crippen molar-refractivity contribution in [3.8, 4) is 11.4 Å². The molecule has 172 valence electrons. The highest BCUT2D eigenvalue weighted by Gasteiger charge is 2.26. The maximum atomic E-state index is 13.6. The van der Waals surface area contributed by atoms with Crippen molar-refractivity contribution in [2.24, 2.45) is 5.92 Å². The Morgan fingerprint density at radius 2 is 1.73 bits per heavy atom. The number of carbonyl (C=O) groups excluding carboxylic acids is 2. The molecule has 0 radical (unpaired) electrons. The van der Waals surface area contributed by atoms with Crippen molar-refractivity contribution in [1.29, 1.82) is 0 Å². The monoisotopic (exact) mass is 459 g/mol. The first-order chi connectivity index (χ1) is 15.6. The summed E-state index contributed by atoms with van der Waals surface area (Å²) in [6.45, 7) is 3.29. The quantitative estimate of drug-likeness (QED) is 0.423. The summed E-state index contributed by atoms with van der Waals surface area (Å²) in [4.78, 5) is 39.4. The molecular weight excluding hydrogens is 440 g/mol. The van der Waals surface area contributed by atoms with Crippen LogP contribution in [0.1, 0.15) is 24.5 Å². The Labute approximate surface area is 186 Å². The van der Waals surface area contributed by atoms with Crippen LogP contribution in [-0.2, 0) is 4.79 Å². The van der Waals surface area contributed by atoms with Crippen LogP contribution in [0.5, 0.6) is 0 Å². The second kappa shape index (κ2) is 9.85. The van der Waals surface area contributed by atoms with Crippen LogP contribution in [0.15, 0.2) is 47.0 Å². The van der Waals surface area contributed by atoms with E-state index < -0.39 is 41.5 Å². The van der Waals surface area contributed by atoms with Crippen molar-refractivity contribution in [2.75, 3.05) is 10.6 Å². The summed E-state index contributed by atoms with van der Waals surface area (Å²) >= 11 is 0. The molecule has 3 rings (SSSR count). The van der Waals surface area contributed by atoms with E-state index in [4.69, 9.17) is 9.63 Å². The highest BCUT2D eigenvalue weighted by atomic mass is 19.1. The third-order valence-corrected chi connectivity index (χ3v) is 4.42. The Balaban J connectivity index is 1.63. The van der Waals surface area contributed by atoms with Crippen LogP contribution in [0.4, 0.5) is 25.0 Å². The van der Waals surface area contributed by atoms with Gasteiger partial charge in [-0.2, -0.15) is 4.98 Å². The Morgan fingerprint density at radius 3 is 2.33 bits per heavy atom. The molecule has 1 unspecified atom stereocenters. The Morgan fingerprint density at radius 1 is 1.03 bits per heavy atom. The van der Waals surface area contributed by atoms with Gasteiger partial charge >= 0.3 is 23.8 Å². The smallest absolute Gasteiger partial charge is 0.326 e. The average Bonchev–Trinajstić information content (AvgIpc) is 3.24. The fourth-order valence-electron chi connectivity index (χ4n) is 2.73. The number of hydrogen-bond acceptors (Lipinski definition) is 6. The molecule has 0 aliphatic rings. The van der Waals surface area contributed by atoms with E-state index in [2.05, 4.69) is 26.1 Å². The second-order valence-corrected chi connectivity index (χ2v) is 7.24. The first-order valence-electron chi connectivity index (χ1n) is 9.65. The molecule has 10 nitrogen and oxygen atoms in total. The zero-order valence-corrected chi connectivity index (χ0v) is 17.4. The van der Waals surface area contributed by atoms with E-state index in [0.717, 1.165) is 12.1 Å². The molecule has 3 aromatic rings. The molecule has 0 saturated carbocycles. The van der Waals surface area contributed by atoms with Crippen molar-refractivity contribution >= 4 is 29.3 Å². The number of aromatic nitrogens is 2. The molecule has 4 N–H and O–H groups in total. The lowest BCUT2D eigenvalue weighted by atomic mass is 10.1. The highest BCUT2D eigenvalue weighted by molar-refractivity contribution is 6.00. The van der Waals surface area contributed by atoms with Gasteiger partial charge in [0.2, 0.25) is 5.82 Å². The maximum absolute atomic E-state index is 13.6. The molecule has 33 heavy (non-hydrogen) atoms. The van der Waals surface area contributed by atoms with Crippen LogP contribution in [0.3, 0.4) is 0 Å². The second-order valence-electron chi connectivity index (χ2n) is 7.24. The van der Waals surface area contributed by atoms with Gasteiger partial charge in [0.1, 0.15) is 17.7 Å². The van der Waals surface area contributed by atoms with E-state index in [0.29, 0.717) is 17.3 Å². The maximum Gasteiger partial charge on any atom is 0.326 e. The molecule has 1 aromatic heterocycles. The average molecular weight is 459 g/mol. The highest BCUT2D eigenvalue weighted by Crippen LogP contribution is 2.20. The number of carboxylic acids is 1. The minimum Gasteiger partial charge on any atom is -0.480 e. The van der Waals surface area contributed by atoms with E-state index in [-0.39, 0.29) is 17.4 Å². The zero-order valence-electron chi connectivity index (χ0n) is 17.4. The summed E-state index contributed by atoms with van der Waals surface area (Å²) in [5.74, 6) is -4.38. The number of aliphatic carboxylic acids is 1. The van der Waals surface area contributed by atoms with Crippen molar-refractivity contribution < 1.29 is 32.8 Å². The number of rotatable bonds is 7. The van der Waals surface area contributed by atoms with Gasteiger partial charge in [0, 0.05) is 17.3 Å². The van der Waals surface area contributed by atoms with Gasteiger partial charge in [-0.3, -0.25) is 4.79 Å². The summed E-state index contributed by atoms with van der Waals surface area (Å²) in [5.41, 5.74) is 0.610. The van der Waals surface area contributed by atoms with Crippen LogP contribution < -0.4 is 16.0 Å². The van der Waals surface area contributed by atoms with Crippen LogP contribution in [0, 0.1) is 17.6 Å². The number of nitrogens with zero attached hydrogens (tertiary/aromatic N) is 2. The van der Waals surface area contributed by atoms with E-state index in [1.54, 1.807) is 13.8 Å². The minimum atomic E-state index is -1.19. The Kier molecular flexibility index (Phi) is 6.96. The summed E-state index contributed by atoms with van der Waals surface area (Å²) in [6, 6.07) is 6.97. The fourth-order valence-corrected chi connectivity index (χ4v) is 2.73. The molecule has 3 amide bonds. The van der Waals surface area contributed by atoms with Crippen molar-refractivity contribution in [2.45, 2.75) is 19.9 Å². The van der Waals surface area contributed by atoms with E-state index in [9.17, 15) is 23.2 Å². The molecule has 0 fully saturated rings. The lowest BCUT2D eigenvalue weighted by Crippen LogP contribution is -2.44. The van der Waals surface area contributed by atoms with E-state index >= 15 is 0 Å². The Hall–Kier alpha value is -4.35. The number of urea groups is 1.